The Morgan fingerprint density at radius 3 is 2.54 bits per heavy atom. The van der Waals surface area contributed by atoms with Crippen LogP contribution in [0.2, 0.25) is 5.02 Å². The van der Waals surface area contributed by atoms with Gasteiger partial charge >= 0.3 is 0 Å². The first-order valence-electron chi connectivity index (χ1n) is 8.15. The molecule has 26 heavy (non-hydrogen) atoms. The topological polar surface area (TPSA) is 45.7 Å². The average molecular weight is 390 g/mol. The molecule has 1 heterocycles. The predicted octanol–water partition coefficient (Wildman–Crippen LogP) is 4.17. The molecule has 5 nitrogen and oxygen atoms in total. The Balaban J connectivity index is 2.00. The van der Waals surface area contributed by atoms with Crippen molar-refractivity contribution < 1.29 is 9.53 Å². The highest BCUT2D eigenvalue weighted by Crippen LogP contribution is 2.34. The van der Waals surface area contributed by atoms with Gasteiger partial charge in [-0.05, 0) is 50.5 Å². The van der Waals surface area contributed by atoms with E-state index in [0.717, 1.165) is 16.8 Å². The number of hydrogen-bond donors (Lipinski definition) is 0. The Hall–Kier alpha value is -2.15. The molecule has 1 amide bonds. The number of ether oxygens (including phenoxy) is 1. The zero-order chi connectivity index (χ0) is 18.7. The molecule has 0 saturated heterocycles. The van der Waals surface area contributed by atoms with E-state index in [0.29, 0.717) is 28.0 Å². The van der Waals surface area contributed by atoms with Gasteiger partial charge in [0.2, 0.25) is 0 Å². The maximum atomic E-state index is 13.1. The van der Waals surface area contributed by atoms with E-state index in [1.54, 1.807) is 36.3 Å². The molecule has 7 heteroatoms. The number of carbonyl (C=O) groups excluding carboxylic acids is 1. The maximum Gasteiger partial charge on any atom is 0.260 e. The maximum absolute atomic E-state index is 13.1. The molecule has 136 valence electrons. The van der Waals surface area contributed by atoms with Gasteiger partial charge in [-0.2, -0.15) is 0 Å². The number of likely N-dealkylation sites (N-methyl/N-ethyl adjacent to an activating group) is 1. The zero-order valence-electron chi connectivity index (χ0n) is 14.9. The summed E-state index contributed by atoms with van der Waals surface area (Å²) in [5, 5.41) is 1.26. The number of carbonyl (C=O) groups is 1. The quantitative estimate of drug-likeness (QED) is 0.634. The fourth-order valence-electron chi connectivity index (χ4n) is 2.52. The molecule has 0 radical (unpaired) electrons. The van der Waals surface area contributed by atoms with Crippen molar-refractivity contribution in [2.24, 2.45) is 0 Å². The van der Waals surface area contributed by atoms with E-state index in [-0.39, 0.29) is 5.91 Å². The highest BCUT2D eigenvalue weighted by molar-refractivity contribution is 7.22. The monoisotopic (exact) mass is 389 g/mol. The fraction of sp³-hybridized carbons (Fsp3) is 0.263. The van der Waals surface area contributed by atoms with Gasteiger partial charge in [0.15, 0.2) is 5.13 Å². The number of anilines is 1. The van der Waals surface area contributed by atoms with Crippen LogP contribution in [0.4, 0.5) is 5.13 Å². The number of amides is 1. The van der Waals surface area contributed by atoms with Crippen molar-refractivity contribution in [3.8, 4) is 5.75 Å². The van der Waals surface area contributed by atoms with Crippen LogP contribution in [0.3, 0.4) is 0 Å². The van der Waals surface area contributed by atoms with Crippen LogP contribution in [0.25, 0.3) is 10.2 Å². The van der Waals surface area contributed by atoms with Crippen molar-refractivity contribution in [2.75, 3.05) is 39.2 Å². The second-order valence-corrected chi connectivity index (χ2v) is 7.52. The largest absolute Gasteiger partial charge is 0.494 e. The van der Waals surface area contributed by atoms with Gasteiger partial charge in [-0.1, -0.05) is 29.0 Å². The van der Waals surface area contributed by atoms with E-state index in [2.05, 4.69) is 4.98 Å². The van der Waals surface area contributed by atoms with Crippen LogP contribution in [-0.4, -0.2) is 50.1 Å². The van der Waals surface area contributed by atoms with E-state index >= 15 is 0 Å². The molecule has 3 aromatic rings. The normalized spacial score (nSPS) is 11.1. The standard InChI is InChI=1S/C19H20ClN3O2S/c1-22(2)11-12-23(18(24)13-7-9-14(20)10-8-13)19-21-17-15(25-3)5-4-6-16(17)26-19/h4-10H,11-12H2,1-3H3. The Morgan fingerprint density at radius 2 is 1.88 bits per heavy atom. The second kappa shape index (κ2) is 8.03. The molecular weight excluding hydrogens is 370 g/mol. The van der Waals surface area contributed by atoms with Gasteiger partial charge in [-0.15, -0.1) is 0 Å². The second-order valence-electron chi connectivity index (χ2n) is 6.07. The number of thiazole rings is 1. The Morgan fingerprint density at radius 1 is 1.15 bits per heavy atom. The van der Waals surface area contributed by atoms with Gasteiger partial charge in [-0.25, -0.2) is 4.98 Å². The number of halogens is 1. The molecule has 0 bridgehead atoms. The summed E-state index contributed by atoms with van der Waals surface area (Å²) < 4.78 is 6.38. The summed E-state index contributed by atoms with van der Waals surface area (Å²) in [6.07, 6.45) is 0. The number of para-hydroxylation sites is 1. The summed E-state index contributed by atoms with van der Waals surface area (Å²) in [6, 6.07) is 12.7. The molecule has 0 fully saturated rings. The first kappa shape index (κ1) is 18.6. The minimum Gasteiger partial charge on any atom is -0.494 e. The first-order valence-corrected chi connectivity index (χ1v) is 9.34. The van der Waals surface area contributed by atoms with Gasteiger partial charge in [-0.3, -0.25) is 9.69 Å². The van der Waals surface area contributed by atoms with Gasteiger partial charge in [0.1, 0.15) is 11.3 Å². The van der Waals surface area contributed by atoms with E-state index in [9.17, 15) is 4.79 Å². The van der Waals surface area contributed by atoms with Crippen LogP contribution in [0, 0.1) is 0 Å². The van der Waals surface area contributed by atoms with Crippen LogP contribution in [-0.2, 0) is 0 Å². The molecule has 0 atom stereocenters. The van der Waals surface area contributed by atoms with Gasteiger partial charge in [0.05, 0.1) is 11.8 Å². The van der Waals surface area contributed by atoms with E-state index in [1.165, 1.54) is 11.3 Å². The Bertz CT molecular complexity index is 909. The molecule has 0 aliphatic heterocycles. The van der Waals surface area contributed by atoms with Crippen LogP contribution >= 0.6 is 22.9 Å². The molecule has 0 spiro atoms. The van der Waals surface area contributed by atoms with E-state index in [1.807, 2.05) is 37.2 Å². The van der Waals surface area contributed by atoms with Crippen LogP contribution < -0.4 is 9.64 Å². The van der Waals surface area contributed by atoms with Gasteiger partial charge < -0.3 is 9.64 Å². The third-order valence-corrected chi connectivity index (χ3v) is 5.22. The zero-order valence-corrected chi connectivity index (χ0v) is 16.5. The number of hydrogen-bond acceptors (Lipinski definition) is 5. The average Bonchev–Trinajstić information content (AvgIpc) is 3.05. The van der Waals surface area contributed by atoms with E-state index in [4.69, 9.17) is 16.3 Å². The number of nitrogens with zero attached hydrogens (tertiary/aromatic N) is 3. The van der Waals surface area contributed by atoms with Crippen LogP contribution in [0.5, 0.6) is 5.75 Å². The van der Waals surface area contributed by atoms with Crippen molar-refractivity contribution in [1.82, 2.24) is 9.88 Å². The first-order chi connectivity index (χ1) is 12.5. The molecule has 3 rings (SSSR count). The highest BCUT2D eigenvalue weighted by atomic mass is 35.5. The smallest absolute Gasteiger partial charge is 0.260 e. The van der Waals surface area contributed by atoms with Crippen LogP contribution in [0.15, 0.2) is 42.5 Å². The molecule has 0 aliphatic carbocycles. The Kier molecular flexibility index (Phi) is 5.76. The summed E-state index contributed by atoms with van der Waals surface area (Å²) in [6.45, 7) is 1.27. The van der Waals surface area contributed by atoms with Crippen molar-refractivity contribution in [2.45, 2.75) is 0 Å². The molecular formula is C19H20ClN3O2S. The van der Waals surface area contributed by atoms with E-state index < -0.39 is 0 Å². The number of fused-ring (bicyclic) bond motifs is 1. The minimum absolute atomic E-state index is 0.0958. The summed E-state index contributed by atoms with van der Waals surface area (Å²) in [4.78, 5) is 21.5. The molecule has 0 N–H and O–H groups in total. The lowest BCUT2D eigenvalue weighted by Crippen LogP contribution is -2.36. The summed E-state index contributed by atoms with van der Waals surface area (Å²) in [7, 11) is 5.58. The SMILES string of the molecule is COc1cccc2sc(N(CCN(C)C)C(=O)c3ccc(Cl)cc3)nc12. The van der Waals surface area contributed by atoms with Crippen molar-refractivity contribution in [3.63, 3.8) is 0 Å². The number of methoxy groups -OCH3 is 1. The summed E-state index contributed by atoms with van der Waals surface area (Å²) in [5.74, 6) is 0.609. The predicted molar refractivity (Wildman–Crippen MR) is 108 cm³/mol. The van der Waals surface area contributed by atoms with Gasteiger partial charge in [0, 0.05) is 23.7 Å². The fourth-order valence-corrected chi connectivity index (χ4v) is 3.66. The Labute approximate surface area is 161 Å². The molecule has 0 saturated carbocycles. The lowest BCUT2D eigenvalue weighted by Gasteiger charge is -2.22. The third-order valence-electron chi connectivity index (χ3n) is 3.93. The molecule has 0 unspecified atom stereocenters. The molecule has 0 aliphatic rings. The van der Waals surface area contributed by atoms with Gasteiger partial charge in [0.25, 0.3) is 5.91 Å². The summed E-state index contributed by atoms with van der Waals surface area (Å²) in [5.41, 5.74) is 1.35. The third kappa shape index (κ3) is 3.98. The van der Waals surface area contributed by atoms with Crippen molar-refractivity contribution in [3.05, 3.63) is 53.1 Å². The van der Waals surface area contributed by atoms with Crippen LogP contribution in [0.1, 0.15) is 10.4 Å². The number of aromatic nitrogens is 1. The number of rotatable bonds is 6. The van der Waals surface area contributed by atoms with Crippen molar-refractivity contribution in [1.29, 1.82) is 0 Å². The molecule has 2 aromatic carbocycles. The number of benzene rings is 2. The lowest BCUT2D eigenvalue weighted by molar-refractivity contribution is 0.0985. The minimum atomic E-state index is -0.0958. The van der Waals surface area contributed by atoms with Crippen molar-refractivity contribution >= 4 is 44.2 Å². The summed E-state index contributed by atoms with van der Waals surface area (Å²) >= 11 is 7.43. The highest BCUT2D eigenvalue weighted by Gasteiger charge is 2.22. The lowest BCUT2D eigenvalue weighted by atomic mass is 10.2. The molecule has 1 aromatic heterocycles.